The molecule has 1 aromatic rings. The van der Waals surface area contributed by atoms with Crippen molar-refractivity contribution in [3.05, 3.63) is 33.3 Å². The Morgan fingerprint density at radius 1 is 1.22 bits per heavy atom. The lowest BCUT2D eigenvalue weighted by molar-refractivity contribution is 0.153. The standard InChI is InChI=1S/C14H18Cl2N2/c15-10-4-9-5-12(7-13(9)14(16)6-10)18-3-1-2-11(17)8-18/h4,6,11-12H,1-3,5,7-8,17H2. The van der Waals surface area contributed by atoms with Crippen LogP contribution in [0, 0.1) is 0 Å². The summed E-state index contributed by atoms with van der Waals surface area (Å²) in [7, 11) is 0. The Morgan fingerprint density at radius 3 is 2.83 bits per heavy atom. The van der Waals surface area contributed by atoms with Gasteiger partial charge >= 0.3 is 0 Å². The first-order chi connectivity index (χ1) is 8.63. The summed E-state index contributed by atoms with van der Waals surface area (Å²) >= 11 is 12.3. The summed E-state index contributed by atoms with van der Waals surface area (Å²) in [5.74, 6) is 0. The zero-order valence-corrected chi connectivity index (χ0v) is 11.8. The topological polar surface area (TPSA) is 29.3 Å². The van der Waals surface area contributed by atoms with E-state index in [1.54, 1.807) is 0 Å². The molecule has 0 bridgehead atoms. The molecule has 18 heavy (non-hydrogen) atoms. The molecular weight excluding hydrogens is 267 g/mol. The van der Waals surface area contributed by atoms with Gasteiger partial charge in [0.2, 0.25) is 0 Å². The molecule has 0 saturated carbocycles. The lowest BCUT2D eigenvalue weighted by atomic mass is 10.0. The fourth-order valence-corrected chi connectivity index (χ4v) is 3.87. The Hall–Kier alpha value is -0.280. The molecule has 0 amide bonds. The van der Waals surface area contributed by atoms with Gasteiger partial charge in [-0.2, -0.15) is 0 Å². The second kappa shape index (κ2) is 5.01. The van der Waals surface area contributed by atoms with Gasteiger partial charge in [-0.15, -0.1) is 0 Å². The molecule has 0 aromatic heterocycles. The van der Waals surface area contributed by atoms with E-state index in [-0.39, 0.29) is 0 Å². The summed E-state index contributed by atoms with van der Waals surface area (Å²) < 4.78 is 0. The molecule has 0 radical (unpaired) electrons. The number of hydrogen-bond donors (Lipinski definition) is 1. The smallest absolute Gasteiger partial charge is 0.0456 e. The molecule has 2 unspecified atom stereocenters. The van der Waals surface area contributed by atoms with E-state index in [1.807, 2.05) is 6.07 Å². The number of nitrogens with two attached hydrogens (primary N) is 1. The van der Waals surface area contributed by atoms with E-state index in [4.69, 9.17) is 28.9 Å². The minimum atomic E-state index is 0.335. The van der Waals surface area contributed by atoms with Crippen LogP contribution in [0.1, 0.15) is 24.0 Å². The van der Waals surface area contributed by atoms with Crippen molar-refractivity contribution in [2.75, 3.05) is 13.1 Å². The van der Waals surface area contributed by atoms with Gasteiger partial charge in [-0.25, -0.2) is 0 Å². The van der Waals surface area contributed by atoms with Crippen molar-refractivity contribution >= 4 is 23.2 Å². The predicted molar refractivity (Wildman–Crippen MR) is 76.4 cm³/mol. The first kappa shape index (κ1) is 12.7. The number of rotatable bonds is 1. The first-order valence-corrected chi connectivity index (χ1v) is 7.35. The number of fused-ring (bicyclic) bond motifs is 1. The zero-order valence-electron chi connectivity index (χ0n) is 10.3. The number of nitrogens with zero attached hydrogens (tertiary/aromatic N) is 1. The Kier molecular flexibility index (Phi) is 3.55. The molecular formula is C14H18Cl2N2. The second-order valence-corrected chi connectivity index (χ2v) is 6.33. The molecule has 4 heteroatoms. The molecule has 1 fully saturated rings. The maximum absolute atomic E-state index is 6.28. The molecule has 1 saturated heterocycles. The van der Waals surface area contributed by atoms with Crippen LogP contribution in [-0.2, 0) is 12.8 Å². The quantitative estimate of drug-likeness (QED) is 0.859. The molecule has 1 aromatic carbocycles. The predicted octanol–water partition coefficient (Wildman–Crippen LogP) is 2.88. The Labute approximate surface area is 118 Å². The van der Waals surface area contributed by atoms with Crippen molar-refractivity contribution in [3.63, 3.8) is 0 Å². The van der Waals surface area contributed by atoms with E-state index in [1.165, 1.54) is 17.5 Å². The largest absolute Gasteiger partial charge is 0.327 e. The van der Waals surface area contributed by atoms with Crippen LogP contribution in [0.2, 0.25) is 10.0 Å². The van der Waals surface area contributed by atoms with Gasteiger partial charge in [-0.05, 0) is 55.5 Å². The van der Waals surface area contributed by atoms with E-state index in [0.29, 0.717) is 12.1 Å². The third kappa shape index (κ3) is 2.39. The van der Waals surface area contributed by atoms with Crippen molar-refractivity contribution in [3.8, 4) is 0 Å². The van der Waals surface area contributed by atoms with Gasteiger partial charge in [0.15, 0.2) is 0 Å². The summed E-state index contributed by atoms with van der Waals surface area (Å²) in [6.45, 7) is 2.18. The number of halogens is 2. The lowest BCUT2D eigenvalue weighted by Gasteiger charge is -2.35. The number of hydrogen-bond acceptors (Lipinski definition) is 2. The average Bonchev–Trinajstić information content (AvgIpc) is 2.73. The summed E-state index contributed by atoms with van der Waals surface area (Å²) in [5, 5.41) is 1.57. The van der Waals surface area contributed by atoms with Crippen molar-refractivity contribution in [2.24, 2.45) is 5.73 Å². The molecule has 3 rings (SSSR count). The van der Waals surface area contributed by atoms with Crippen LogP contribution >= 0.6 is 23.2 Å². The third-order valence-corrected chi connectivity index (χ3v) is 4.71. The molecule has 0 spiro atoms. The summed E-state index contributed by atoms with van der Waals surface area (Å²) in [4.78, 5) is 2.53. The fourth-order valence-electron chi connectivity index (χ4n) is 3.26. The highest BCUT2D eigenvalue weighted by Crippen LogP contribution is 2.34. The summed E-state index contributed by atoms with van der Waals surface area (Å²) in [5.41, 5.74) is 8.66. The normalized spacial score (nSPS) is 28.4. The molecule has 1 aliphatic carbocycles. The second-order valence-electron chi connectivity index (χ2n) is 5.48. The summed E-state index contributed by atoms with van der Waals surface area (Å²) in [6.07, 6.45) is 4.46. The molecule has 2 atom stereocenters. The third-order valence-electron chi connectivity index (χ3n) is 4.15. The van der Waals surface area contributed by atoms with Crippen molar-refractivity contribution < 1.29 is 0 Å². The van der Waals surface area contributed by atoms with Gasteiger partial charge in [0.05, 0.1) is 0 Å². The van der Waals surface area contributed by atoms with E-state index in [2.05, 4.69) is 11.0 Å². The molecule has 1 aliphatic heterocycles. The number of piperidine rings is 1. The van der Waals surface area contributed by atoms with Gasteiger partial charge in [-0.1, -0.05) is 23.2 Å². The molecule has 98 valence electrons. The van der Waals surface area contributed by atoms with E-state index >= 15 is 0 Å². The van der Waals surface area contributed by atoms with Crippen LogP contribution in [0.25, 0.3) is 0 Å². The van der Waals surface area contributed by atoms with Crippen molar-refractivity contribution in [1.82, 2.24) is 4.90 Å². The van der Waals surface area contributed by atoms with Crippen LogP contribution in [0.3, 0.4) is 0 Å². The number of likely N-dealkylation sites (tertiary alicyclic amines) is 1. The van der Waals surface area contributed by atoms with Crippen LogP contribution in [0.4, 0.5) is 0 Å². The molecule has 1 heterocycles. The van der Waals surface area contributed by atoms with Crippen LogP contribution in [-0.4, -0.2) is 30.1 Å². The molecule has 2 nitrogen and oxygen atoms in total. The monoisotopic (exact) mass is 284 g/mol. The van der Waals surface area contributed by atoms with Gasteiger partial charge in [0.1, 0.15) is 0 Å². The highest BCUT2D eigenvalue weighted by atomic mass is 35.5. The van der Waals surface area contributed by atoms with Crippen LogP contribution in [0.5, 0.6) is 0 Å². The van der Waals surface area contributed by atoms with Crippen molar-refractivity contribution in [1.29, 1.82) is 0 Å². The highest BCUT2D eigenvalue weighted by molar-refractivity contribution is 6.35. The Morgan fingerprint density at radius 2 is 2.06 bits per heavy atom. The van der Waals surface area contributed by atoms with Crippen LogP contribution < -0.4 is 5.73 Å². The lowest BCUT2D eigenvalue weighted by Crippen LogP contribution is -2.48. The molecule has 2 N–H and O–H groups in total. The number of benzene rings is 1. The summed E-state index contributed by atoms with van der Waals surface area (Å²) in [6, 6.07) is 4.81. The molecule has 2 aliphatic rings. The SMILES string of the molecule is NC1CCCN(C2Cc3cc(Cl)cc(Cl)c3C2)C1. The maximum atomic E-state index is 6.28. The minimum absolute atomic E-state index is 0.335. The fraction of sp³-hybridized carbons (Fsp3) is 0.571. The van der Waals surface area contributed by atoms with Crippen molar-refractivity contribution in [2.45, 2.75) is 37.8 Å². The van der Waals surface area contributed by atoms with Crippen LogP contribution in [0.15, 0.2) is 12.1 Å². The minimum Gasteiger partial charge on any atom is -0.327 e. The van der Waals surface area contributed by atoms with E-state index in [9.17, 15) is 0 Å². The van der Waals surface area contributed by atoms with E-state index < -0.39 is 0 Å². The zero-order chi connectivity index (χ0) is 12.7. The van der Waals surface area contributed by atoms with Gasteiger partial charge in [0, 0.05) is 28.7 Å². The Bertz CT molecular complexity index is 461. The maximum Gasteiger partial charge on any atom is 0.0456 e. The van der Waals surface area contributed by atoms with Gasteiger partial charge < -0.3 is 5.73 Å². The highest BCUT2D eigenvalue weighted by Gasteiger charge is 2.30. The first-order valence-electron chi connectivity index (χ1n) is 6.60. The van der Waals surface area contributed by atoms with E-state index in [0.717, 1.165) is 42.4 Å². The van der Waals surface area contributed by atoms with Gasteiger partial charge in [-0.3, -0.25) is 4.90 Å². The average molecular weight is 285 g/mol. The van der Waals surface area contributed by atoms with Gasteiger partial charge in [0.25, 0.3) is 0 Å². The Balaban J connectivity index is 1.78.